The molecule has 0 radical (unpaired) electrons. The smallest absolute Gasteiger partial charge is 0.175 e. The van der Waals surface area contributed by atoms with Gasteiger partial charge in [0.15, 0.2) is 5.79 Å². The van der Waals surface area contributed by atoms with Crippen molar-refractivity contribution in [1.82, 2.24) is 0 Å². The Morgan fingerprint density at radius 3 is 2.44 bits per heavy atom. The van der Waals surface area contributed by atoms with Crippen molar-refractivity contribution in [3.8, 4) is 0 Å². The second-order valence-electron chi connectivity index (χ2n) is 5.25. The van der Waals surface area contributed by atoms with Gasteiger partial charge in [-0.25, -0.2) is 0 Å². The minimum absolute atomic E-state index is 0.0176. The molecule has 1 saturated heterocycles. The molecular formula is C15H18O3. The summed E-state index contributed by atoms with van der Waals surface area (Å²) in [6.07, 6.45) is 2.03. The lowest BCUT2D eigenvalue weighted by Gasteiger charge is -2.34. The van der Waals surface area contributed by atoms with Crippen molar-refractivity contribution in [2.24, 2.45) is 0 Å². The van der Waals surface area contributed by atoms with Crippen LogP contribution in [-0.2, 0) is 14.3 Å². The second-order valence-corrected chi connectivity index (χ2v) is 5.25. The first-order valence-electron chi connectivity index (χ1n) is 6.56. The number of Topliss-reactive ketones (excluding diaryl/α,β-unsaturated/α-hetero) is 1. The van der Waals surface area contributed by atoms with Gasteiger partial charge in [-0.05, 0) is 18.9 Å². The number of ether oxygens (including phenoxy) is 2. The van der Waals surface area contributed by atoms with Crippen LogP contribution in [-0.4, -0.2) is 24.8 Å². The summed E-state index contributed by atoms with van der Waals surface area (Å²) in [6, 6.07) is 8.25. The minimum Gasteiger partial charge on any atom is -0.347 e. The van der Waals surface area contributed by atoms with Gasteiger partial charge in [0, 0.05) is 12.3 Å². The summed E-state index contributed by atoms with van der Waals surface area (Å²) in [6.45, 7) is 3.28. The van der Waals surface area contributed by atoms with Gasteiger partial charge in [0.2, 0.25) is 0 Å². The van der Waals surface area contributed by atoms with E-state index in [2.05, 4.69) is 31.2 Å². The fourth-order valence-corrected chi connectivity index (χ4v) is 2.90. The Balaban J connectivity index is 1.76. The number of hydrogen-bond acceptors (Lipinski definition) is 3. The average Bonchev–Trinajstić information content (AvgIpc) is 2.79. The molecule has 2 aliphatic rings. The van der Waals surface area contributed by atoms with Crippen molar-refractivity contribution >= 4 is 5.78 Å². The van der Waals surface area contributed by atoms with Crippen LogP contribution < -0.4 is 0 Å². The SMILES string of the molecule is Cc1ccc(C2CCC3(CC2=O)OCCO3)cc1. The Morgan fingerprint density at radius 2 is 1.83 bits per heavy atom. The molecule has 3 heteroatoms. The van der Waals surface area contributed by atoms with Crippen molar-refractivity contribution in [3.05, 3.63) is 35.4 Å². The van der Waals surface area contributed by atoms with Crippen LogP contribution in [0.5, 0.6) is 0 Å². The van der Waals surface area contributed by atoms with Crippen molar-refractivity contribution in [3.63, 3.8) is 0 Å². The van der Waals surface area contributed by atoms with E-state index in [9.17, 15) is 4.79 Å². The number of ketones is 1. The summed E-state index contributed by atoms with van der Waals surface area (Å²) < 4.78 is 11.2. The van der Waals surface area contributed by atoms with Crippen molar-refractivity contribution < 1.29 is 14.3 Å². The Labute approximate surface area is 107 Å². The van der Waals surface area contributed by atoms with Crippen LogP contribution in [0.15, 0.2) is 24.3 Å². The zero-order valence-electron chi connectivity index (χ0n) is 10.6. The Bertz CT molecular complexity index is 443. The van der Waals surface area contributed by atoms with Gasteiger partial charge in [-0.1, -0.05) is 29.8 Å². The second kappa shape index (κ2) is 4.48. The van der Waals surface area contributed by atoms with Gasteiger partial charge in [0.05, 0.1) is 19.6 Å². The lowest BCUT2D eigenvalue weighted by molar-refractivity contribution is -0.182. The molecule has 1 unspecified atom stereocenters. The summed E-state index contributed by atoms with van der Waals surface area (Å²) in [7, 11) is 0. The van der Waals surface area contributed by atoms with E-state index in [1.807, 2.05) is 0 Å². The molecule has 0 amide bonds. The lowest BCUT2D eigenvalue weighted by atomic mass is 9.80. The van der Waals surface area contributed by atoms with E-state index >= 15 is 0 Å². The molecule has 1 aromatic rings. The van der Waals surface area contributed by atoms with E-state index in [-0.39, 0.29) is 11.7 Å². The van der Waals surface area contributed by atoms with Gasteiger partial charge < -0.3 is 9.47 Å². The molecule has 0 aromatic heterocycles. The summed E-state index contributed by atoms with van der Waals surface area (Å²) in [5.41, 5.74) is 2.35. The summed E-state index contributed by atoms with van der Waals surface area (Å²) >= 11 is 0. The van der Waals surface area contributed by atoms with E-state index in [1.165, 1.54) is 5.56 Å². The predicted molar refractivity (Wildman–Crippen MR) is 67.4 cm³/mol. The largest absolute Gasteiger partial charge is 0.347 e. The van der Waals surface area contributed by atoms with Crippen LogP contribution in [0.25, 0.3) is 0 Å². The summed E-state index contributed by atoms with van der Waals surface area (Å²) in [5.74, 6) is -0.339. The third kappa shape index (κ3) is 2.08. The molecule has 1 spiro atoms. The molecule has 1 aliphatic carbocycles. The molecule has 3 rings (SSSR count). The van der Waals surface area contributed by atoms with E-state index in [4.69, 9.17) is 9.47 Å². The van der Waals surface area contributed by atoms with Crippen LogP contribution in [0.2, 0.25) is 0 Å². The number of carbonyl (C=O) groups is 1. The van der Waals surface area contributed by atoms with Crippen LogP contribution in [0, 0.1) is 6.92 Å². The van der Waals surface area contributed by atoms with Crippen LogP contribution in [0.4, 0.5) is 0 Å². The zero-order valence-corrected chi connectivity index (χ0v) is 10.6. The highest BCUT2D eigenvalue weighted by Gasteiger charge is 2.44. The normalized spacial score (nSPS) is 26.7. The summed E-state index contributed by atoms with van der Waals surface area (Å²) in [5, 5.41) is 0. The molecule has 0 bridgehead atoms. The molecule has 1 atom stereocenters. The van der Waals surface area contributed by atoms with E-state index in [0.29, 0.717) is 19.6 Å². The van der Waals surface area contributed by atoms with Gasteiger partial charge >= 0.3 is 0 Å². The zero-order chi connectivity index (χ0) is 12.6. The first-order chi connectivity index (χ1) is 8.69. The minimum atomic E-state index is -0.599. The molecule has 96 valence electrons. The molecule has 0 N–H and O–H groups in total. The van der Waals surface area contributed by atoms with Crippen molar-refractivity contribution in [1.29, 1.82) is 0 Å². The maximum Gasteiger partial charge on any atom is 0.175 e. The van der Waals surface area contributed by atoms with E-state index < -0.39 is 5.79 Å². The fraction of sp³-hybridized carbons (Fsp3) is 0.533. The van der Waals surface area contributed by atoms with Crippen molar-refractivity contribution in [2.75, 3.05) is 13.2 Å². The monoisotopic (exact) mass is 246 g/mol. The number of aryl methyl sites for hydroxylation is 1. The van der Waals surface area contributed by atoms with Crippen LogP contribution >= 0.6 is 0 Å². The molecule has 1 heterocycles. The third-order valence-electron chi connectivity index (χ3n) is 3.94. The highest BCUT2D eigenvalue weighted by molar-refractivity contribution is 5.87. The number of rotatable bonds is 1. The quantitative estimate of drug-likeness (QED) is 0.764. The number of carbonyl (C=O) groups excluding carboxylic acids is 1. The Kier molecular flexibility index (Phi) is 2.96. The highest BCUT2D eigenvalue weighted by atomic mass is 16.7. The molecule has 18 heavy (non-hydrogen) atoms. The summed E-state index contributed by atoms with van der Waals surface area (Å²) in [4.78, 5) is 12.3. The predicted octanol–water partition coefficient (Wildman–Crippen LogP) is 2.57. The highest BCUT2D eigenvalue weighted by Crippen LogP contribution is 2.40. The number of hydrogen-bond donors (Lipinski definition) is 0. The standard InChI is InChI=1S/C15H18O3/c1-11-2-4-12(5-3-11)13-6-7-15(10-14(13)16)17-8-9-18-15/h2-5,13H,6-10H2,1H3. The average molecular weight is 246 g/mol. The maximum absolute atomic E-state index is 12.3. The molecule has 1 aliphatic heterocycles. The molecule has 1 aromatic carbocycles. The first-order valence-corrected chi connectivity index (χ1v) is 6.56. The Morgan fingerprint density at radius 1 is 1.17 bits per heavy atom. The van der Waals surface area contributed by atoms with Gasteiger partial charge in [0.25, 0.3) is 0 Å². The first kappa shape index (κ1) is 11.9. The molecular weight excluding hydrogens is 228 g/mol. The van der Waals surface area contributed by atoms with E-state index in [1.54, 1.807) is 0 Å². The van der Waals surface area contributed by atoms with Crippen LogP contribution in [0.3, 0.4) is 0 Å². The van der Waals surface area contributed by atoms with Gasteiger partial charge in [-0.3, -0.25) is 4.79 Å². The van der Waals surface area contributed by atoms with Crippen molar-refractivity contribution in [2.45, 2.75) is 37.9 Å². The third-order valence-corrected chi connectivity index (χ3v) is 3.94. The topological polar surface area (TPSA) is 35.5 Å². The molecule has 3 nitrogen and oxygen atoms in total. The van der Waals surface area contributed by atoms with Gasteiger partial charge in [0.1, 0.15) is 5.78 Å². The lowest BCUT2D eigenvalue weighted by Crippen LogP contribution is -2.39. The van der Waals surface area contributed by atoms with Crippen LogP contribution in [0.1, 0.15) is 36.3 Å². The number of benzene rings is 1. The fourth-order valence-electron chi connectivity index (χ4n) is 2.90. The maximum atomic E-state index is 12.3. The van der Waals surface area contributed by atoms with Gasteiger partial charge in [-0.15, -0.1) is 0 Å². The Hall–Kier alpha value is -1.19. The molecule has 2 fully saturated rings. The molecule has 1 saturated carbocycles. The van der Waals surface area contributed by atoms with Gasteiger partial charge in [-0.2, -0.15) is 0 Å². The van der Waals surface area contributed by atoms with E-state index in [0.717, 1.165) is 18.4 Å².